The molecule has 1 aliphatic heterocycles. The second-order valence-electron chi connectivity index (χ2n) is 3.49. The highest BCUT2D eigenvalue weighted by Gasteiger charge is 2.22. The third-order valence-corrected chi connectivity index (χ3v) is 2.70. The number of nitrogens with zero attached hydrogens (tertiary/aromatic N) is 2. The quantitative estimate of drug-likeness (QED) is 0.656. The Balaban J connectivity index is 2.06. The van der Waals surface area contributed by atoms with Crippen molar-refractivity contribution < 1.29 is 4.79 Å². The van der Waals surface area contributed by atoms with E-state index in [1.165, 1.54) is 0 Å². The van der Waals surface area contributed by atoms with Gasteiger partial charge in [0.2, 0.25) is 5.91 Å². The van der Waals surface area contributed by atoms with E-state index in [9.17, 15) is 9.59 Å². The molecular weight excluding hydrogens is 220 g/mol. The minimum atomic E-state index is -0.188. The van der Waals surface area contributed by atoms with Crippen LogP contribution in [0.4, 0.5) is 0 Å². The van der Waals surface area contributed by atoms with Gasteiger partial charge < -0.3 is 5.32 Å². The first-order valence-corrected chi connectivity index (χ1v) is 5.23. The van der Waals surface area contributed by atoms with Crippen LogP contribution in [0.1, 0.15) is 12.2 Å². The van der Waals surface area contributed by atoms with Crippen molar-refractivity contribution in [1.29, 1.82) is 0 Å². The van der Waals surface area contributed by atoms with Gasteiger partial charge in [0.25, 0.3) is 0 Å². The zero-order valence-corrected chi connectivity index (χ0v) is 8.75. The summed E-state index contributed by atoms with van der Waals surface area (Å²) >= 11 is 5.39. The van der Waals surface area contributed by atoms with Crippen LogP contribution >= 0.6 is 11.6 Å². The van der Waals surface area contributed by atoms with E-state index >= 15 is 0 Å². The lowest BCUT2D eigenvalue weighted by Crippen LogP contribution is -2.42. The van der Waals surface area contributed by atoms with Crippen molar-refractivity contribution in [3.05, 3.63) is 16.3 Å². The molecule has 1 unspecified atom stereocenters. The van der Waals surface area contributed by atoms with Crippen molar-refractivity contribution >= 4 is 17.5 Å². The lowest BCUT2D eigenvalue weighted by atomic mass is 10.1. The molecule has 0 spiro atoms. The summed E-state index contributed by atoms with van der Waals surface area (Å²) in [7, 11) is 0. The van der Waals surface area contributed by atoms with Crippen molar-refractivity contribution in [3.8, 4) is 0 Å². The zero-order valence-electron chi connectivity index (χ0n) is 7.99. The van der Waals surface area contributed by atoms with Crippen molar-refractivity contribution in [2.45, 2.75) is 25.4 Å². The van der Waals surface area contributed by atoms with Gasteiger partial charge in [0.05, 0.1) is 0 Å². The molecule has 6 nitrogen and oxygen atoms in total. The SMILES string of the molecule is O=C(CCl)NC1CCn2c(n[nH]c2=O)C1. The molecular formula is C8H11ClN4O2. The monoisotopic (exact) mass is 230 g/mol. The number of carbonyl (C=O) groups is 1. The summed E-state index contributed by atoms with van der Waals surface area (Å²) in [5.74, 6) is 0.461. The molecule has 82 valence electrons. The number of aromatic amines is 1. The van der Waals surface area contributed by atoms with Gasteiger partial charge in [-0.05, 0) is 6.42 Å². The summed E-state index contributed by atoms with van der Waals surface area (Å²) in [5.41, 5.74) is -0.188. The Hall–Kier alpha value is -1.30. The molecule has 2 rings (SSSR count). The fourth-order valence-corrected chi connectivity index (χ4v) is 1.81. The average molecular weight is 231 g/mol. The van der Waals surface area contributed by atoms with E-state index in [2.05, 4.69) is 15.5 Å². The van der Waals surface area contributed by atoms with Crippen LogP contribution in [0.2, 0.25) is 0 Å². The first-order chi connectivity index (χ1) is 7.20. The number of aromatic nitrogens is 3. The van der Waals surface area contributed by atoms with E-state index in [1.807, 2.05) is 0 Å². The number of halogens is 1. The fraction of sp³-hybridized carbons (Fsp3) is 0.625. The molecule has 1 aromatic rings. The number of nitrogens with one attached hydrogen (secondary N) is 2. The number of amides is 1. The maximum Gasteiger partial charge on any atom is 0.343 e. The Morgan fingerprint density at radius 1 is 1.73 bits per heavy atom. The van der Waals surface area contributed by atoms with Crippen molar-refractivity contribution in [2.24, 2.45) is 0 Å². The third-order valence-electron chi connectivity index (χ3n) is 2.45. The second-order valence-corrected chi connectivity index (χ2v) is 3.75. The van der Waals surface area contributed by atoms with Crippen LogP contribution in [-0.2, 0) is 17.8 Å². The standard InChI is InChI=1S/C8H11ClN4O2/c9-4-7(14)10-5-1-2-13-6(3-5)11-12-8(13)15/h5H,1-4H2,(H,10,14)(H,12,15). The topological polar surface area (TPSA) is 79.8 Å². The summed E-state index contributed by atoms with van der Waals surface area (Å²) in [6, 6.07) is 0.0268. The maximum absolute atomic E-state index is 11.2. The van der Waals surface area contributed by atoms with Gasteiger partial charge in [-0.25, -0.2) is 9.89 Å². The Bertz CT molecular complexity index is 425. The van der Waals surface area contributed by atoms with Crippen LogP contribution in [0.15, 0.2) is 4.79 Å². The Morgan fingerprint density at radius 3 is 3.27 bits per heavy atom. The molecule has 0 fully saturated rings. The first-order valence-electron chi connectivity index (χ1n) is 4.70. The van der Waals surface area contributed by atoms with Crippen molar-refractivity contribution in [2.75, 3.05) is 5.88 Å². The molecule has 1 aliphatic rings. The Labute approximate surface area is 90.6 Å². The van der Waals surface area contributed by atoms with Gasteiger partial charge in [-0.3, -0.25) is 9.36 Å². The molecule has 7 heteroatoms. The van der Waals surface area contributed by atoms with Gasteiger partial charge in [-0.2, -0.15) is 5.10 Å². The minimum Gasteiger partial charge on any atom is -0.352 e. The van der Waals surface area contributed by atoms with Gasteiger partial charge in [0.15, 0.2) is 0 Å². The summed E-state index contributed by atoms with van der Waals surface area (Å²) in [4.78, 5) is 22.2. The highest BCUT2D eigenvalue weighted by atomic mass is 35.5. The number of alkyl halides is 1. The van der Waals surface area contributed by atoms with Crippen LogP contribution in [0, 0.1) is 0 Å². The minimum absolute atomic E-state index is 0.0268. The van der Waals surface area contributed by atoms with Crippen LogP contribution in [-0.4, -0.2) is 32.6 Å². The molecule has 0 aliphatic carbocycles. The molecule has 15 heavy (non-hydrogen) atoms. The molecule has 1 amide bonds. The molecule has 0 radical (unpaired) electrons. The number of fused-ring (bicyclic) bond motifs is 1. The van der Waals surface area contributed by atoms with E-state index < -0.39 is 0 Å². The highest BCUT2D eigenvalue weighted by molar-refractivity contribution is 6.27. The Morgan fingerprint density at radius 2 is 2.53 bits per heavy atom. The molecule has 2 heterocycles. The third kappa shape index (κ3) is 2.04. The first kappa shape index (κ1) is 10.2. The van der Waals surface area contributed by atoms with Crippen molar-refractivity contribution in [3.63, 3.8) is 0 Å². The fourth-order valence-electron chi connectivity index (χ4n) is 1.73. The molecule has 0 aromatic carbocycles. The normalized spacial score (nSPS) is 19.7. The van der Waals surface area contributed by atoms with E-state index in [1.54, 1.807) is 4.57 Å². The Kier molecular flexibility index (Phi) is 2.77. The predicted octanol–water partition coefficient (Wildman–Crippen LogP) is -0.759. The van der Waals surface area contributed by atoms with Gasteiger partial charge in [0.1, 0.15) is 11.7 Å². The summed E-state index contributed by atoms with van der Waals surface area (Å²) in [6.07, 6.45) is 1.30. The van der Waals surface area contributed by atoms with Crippen LogP contribution in [0.3, 0.4) is 0 Å². The lowest BCUT2D eigenvalue weighted by Gasteiger charge is -2.22. The summed E-state index contributed by atoms with van der Waals surface area (Å²) < 4.78 is 1.59. The molecule has 1 atom stereocenters. The molecule has 0 saturated carbocycles. The molecule has 1 aromatic heterocycles. The summed E-state index contributed by atoms with van der Waals surface area (Å²) in [6.45, 7) is 0.581. The average Bonchev–Trinajstić information content (AvgIpc) is 2.60. The molecule has 0 bridgehead atoms. The summed E-state index contributed by atoms with van der Waals surface area (Å²) in [5, 5.41) is 9.04. The number of hydrogen-bond donors (Lipinski definition) is 2. The van der Waals surface area contributed by atoms with Gasteiger partial charge >= 0.3 is 5.69 Å². The zero-order chi connectivity index (χ0) is 10.8. The largest absolute Gasteiger partial charge is 0.352 e. The maximum atomic E-state index is 11.2. The van der Waals surface area contributed by atoms with Crippen LogP contribution in [0.25, 0.3) is 0 Å². The second kappa shape index (κ2) is 4.06. The number of rotatable bonds is 2. The van der Waals surface area contributed by atoms with E-state index in [-0.39, 0.29) is 23.5 Å². The van der Waals surface area contributed by atoms with Crippen LogP contribution in [0.5, 0.6) is 0 Å². The predicted molar refractivity (Wildman–Crippen MR) is 53.8 cm³/mol. The van der Waals surface area contributed by atoms with E-state index in [0.29, 0.717) is 18.8 Å². The van der Waals surface area contributed by atoms with Crippen molar-refractivity contribution in [1.82, 2.24) is 20.1 Å². The molecule has 2 N–H and O–H groups in total. The number of H-pyrrole nitrogens is 1. The van der Waals surface area contributed by atoms with E-state index in [4.69, 9.17) is 11.6 Å². The van der Waals surface area contributed by atoms with Gasteiger partial charge in [0, 0.05) is 19.0 Å². The van der Waals surface area contributed by atoms with Gasteiger partial charge in [-0.1, -0.05) is 0 Å². The number of carbonyl (C=O) groups excluding carboxylic acids is 1. The highest BCUT2D eigenvalue weighted by Crippen LogP contribution is 2.09. The number of hydrogen-bond acceptors (Lipinski definition) is 3. The lowest BCUT2D eigenvalue weighted by molar-refractivity contribution is -0.119. The van der Waals surface area contributed by atoms with Gasteiger partial charge in [-0.15, -0.1) is 11.6 Å². The molecule has 0 saturated heterocycles. The van der Waals surface area contributed by atoms with E-state index in [0.717, 1.165) is 6.42 Å². The van der Waals surface area contributed by atoms with Crippen LogP contribution < -0.4 is 11.0 Å². The smallest absolute Gasteiger partial charge is 0.343 e.